The zero-order valence-electron chi connectivity index (χ0n) is 17.7. The van der Waals surface area contributed by atoms with Crippen molar-refractivity contribution < 1.29 is 14.7 Å². The van der Waals surface area contributed by atoms with E-state index >= 15 is 0 Å². The van der Waals surface area contributed by atoms with E-state index in [4.69, 9.17) is 11.6 Å². The van der Waals surface area contributed by atoms with E-state index in [-0.39, 0.29) is 23.7 Å². The number of carbonyl (C=O) groups is 2. The predicted octanol–water partition coefficient (Wildman–Crippen LogP) is 5.40. The number of amides is 2. The molecule has 31 heavy (non-hydrogen) atoms. The molecule has 0 bridgehead atoms. The lowest BCUT2D eigenvalue weighted by Crippen LogP contribution is -2.28. The van der Waals surface area contributed by atoms with E-state index in [0.29, 0.717) is 17.5 Å². The van der Waals surface area contributed by atoms with Gasteiger partial charge in [0.2, 0.25) is 5.88 Å². The van der Waals surface area contributed by atoms with Gasteiger partial charge in [0.1, 0.15) is 6.54 Å². The molecule has 2 aromatic carbocycles. The summed E-state index contributed by atoms with van der Waals surface area (Å²) >= 11 is 5.99. The number of nitrogens with one attached hydrogen (secondary N) is 1. The van der Waals surface area contributed by atoms with Crippen molar-refractivity contribution >= 4 is 40.0 Å². The van der Waals surface area contributed by atoms with Gasteiger partial charge >= 0.3 is 0 Å². The number of hydrogen-bond donors (Lipinski definition) is 2. The Balaban J connectivity index is 1.78. The quantitative estimate of drug-likeness (QED) is 0.481. The molecule has 0 unspecified atom stereocenters. The van der Waals surface area contributed by atoms with E-state index in [9.17, 15) is 14.7 Å². The lowest BCUT2D eigenvalue weighted by atomic mass is 10.1. The highest BCUT2D eigenvalue weighted by Gasteiger charge is 2.18. The maximum atomic E-state index is 12.2. The fraction of sp³-hybridized carbons (Fsp3) is 0.304. The maximum absolute atomic E-state index is 12.2. The van der Waals surface area contributed by atoms with Crippen molar-refractivity contribution in [3.63, 3.8) is 0 Å². The molecule has 2 N–H and O–H groups in total. The Kier molecular flexibility index (Phi) is 7.07. The third-order valence-corrected chi connectivity index (χ3v) is 5.21. The molecule has 8 heteroatoms. The van der Waals surface area contributed by atoms with E-state index in [1.807, 2.05) is 25.1 Å². The number of hydrogen-bond acceptors (Lipinski definition) is 4. The number of halogens is 1. The number of rotatable bonds is 7. The van der Waals surface area contributed by atoms with Gasteiger partial charge in [-0.2, -0.15) is 0 Å². The zero-order valence-corrected chi connectivity index (χ0v) is 18.5. The Morgan fingerprint density at radius 3 is 2.65 bits per heavy atom. The molecule has 0 fully saturated rings. The van der Waals surface area contributed by atoms with Crippen LogP contribution in [0.5, 0.6) is 5.88 Å². The fourth-order valence-electron chi connectivity index (χ4n) is 3.19. The summed E-state index contributed by atoms with van der Waals surface area (Å²) in [7, 11) is 0. The second-order valence-electron chi connectivity index (χ2n) is 7.78. The molecule has 0 saturated carbocycles. The first-order valence-electron chi connectivity index (χ1n) is 10.1. The number of fused-ring (bicyclic) bond motifs is 1. The lowest BCUT2D eigenvalue weighted by Gasteiger charge is -2.09. The Bertz CT molecular complexity index is 1150. The number of carbonyl (C=O) groups excluding carboxylic acids is 2. The molecule has 0 radical (unpaired) electrons. The summed E-state index contributed by atoms with van der Waals surface area (Å²) in [6.45, 7) is 6.46. The highest BCUT2D eigenvalue weighted by molar-refractivity contribution is 6.33. The molecule has 0 aliphatic heterocycles. The van der Waals surface area contributed by atoms with Crippen LogP contribution in [0.3, 0.4) is 0 Å². The molecule has 0 aliphatic rings. The van der Waals surface area contributed by atoms with Gasteiger partial charge in [0.15, 0.2) is 5.69 Å². The third kappa shape index (κ3) is 5.30. The minimum atomic E-state index is -0.643. The number of azo groups is 1. The van der Waals surface area contributed by atoms with Gasteiger partial charge < -0.3 is 15.0 Å². The highest BCUT2D eigenvalue weighted by atomic mass is 35.5. The van der Waals surface area contributed by atoms with Gasteiger partial charge in [-0.3, -0.25) is 9.59 Å². The minimum Gasteiger partial charge on any atom is -0.493 e. The normalized spacial score (nSPS) is 11.5. The number of benzene rings is 2. The topological polar surface area (TPSA) is 96.1 Å². The van der Waals surface area contributed by atoms with Crippen LogP contribution in [0.15, 0.2) is 52.7 Å². The average molecular weight is 441 g/mol. The number of aromatic hydroxyl groups is 1. The standard InChI is InChI=1S/C23H25ClN4O3/c1-14(2)10-11-28-19-9-8-15(3)12-17(19)21(23(28)31)27-26-20(29)13-25-22(30)16-6-4-5-7-18(16)24/h4-9,12,14,31H,10-11,13H2,1-3H3,(H,25,30). The van der Waals surface area contributed by atoms with Crippen molar-refractivity contribution in [1.29, 1.82) is 0 Å². The molecule has 0 saturated heterocycles. The Morgan fingerprint density at radius 2 is 1.94 bits per heavy atom. The van der Waals surface area contributed by atoms with Crippen molar-refractivity contribution in [1.82, 2.24) is 9.88 Å². The van der Waals surface area contributed by atoms with Gasteiger partial charge in [-0.1, -0.05) is 49.2 Å². The molecule has 0 spiro atoms. The van der Waals surface area contributed by atoms with Gasteiger partial charge in [0, 0.05) is 11.9 Å². The van der Waals surface area contributed by atoms with Gasteiger partial charge in [0.25, 0.3) is 11.8 Å². The molecule has 1 heterocycles. The first-order valence-corrected chi connectivity index (χ1v) is 10.4. The van der Waals surface area contributed by atoms with Gasteiger partial charge in [-0.15, -0.1) is 10.2 Å². The van der Waals surface area contributed by atoms with Crippen molar-refractivity contribution in [2.45, 2.75) is 33.7 Å². The summed E-state index contributed by atoms with van der Waals surface area (Å²) in [6, 6.07) is 12.3. The van der Waals surface area contributed by atoms with Crippen LogP contribution in [-0.2, 0) is 11.3 Å². The van der Waals surface area contributed by atoms with E-state index in [1.54, 1.807) is 28.8 Å². The van der Waals surface area contributed by atoms with Crippen LogP contribution in [0, 0.1) is 12.8 Å². The summed E-state index contributed by atoms with van der Waals surface area (Å²) < 4.78 is 1.78. The summed E-state index contributed by atoms with van der Waals surface area (Å²) in [4.78, 5) is 24.4. The van der Waals surface area contributed by atoms with Crippen molar-refractivity contribution in [3.05, 3.63) is 58.6 Å². The van der Waals surface area contributed by atoms with Gasteiger partial charge in [-0.05, 0) is 43.5 Å². The predicted molar refractivity (Wildman–Crippen MR) is 121 cm³/mol. The summed E-state index contributed by atoms with van der Waals surface area (Å²) in [5.74, 6) is -0.679. The zero-order chi connectivity index (χ0) is 22.5. The fourth-order valence-corrected chi connectivity index (χ4v) is 3.41. The van der Waals surface area contributed by atoms with Crippen LogP contribution in [0.2, 0.25) is 5.02 Å². The van der Waals surface area contributed by atoms with Crippen LogP contribution in [0.4, 0.5) is 5.69 Å². The molecular formula is C23H25ClN4O3. The van der Waals surface area contributed by atoms with Crippen molar-refractivity contribution in [2.75, 3.05) is 6.54 Å². The molecule has 7 nitrogen and oxygen atoms in total. The number of aromatic nitrogens is 1. The number of aryl methyl sites for hydroxylation is 2. The molecule has 162 valence electrons. The monoisotopic (exact) mass is 440 g/mol. The summed E-state index contributed by atoms with van der Waals surface area (Å²) in [5.41, 5.74) is 2.35. The van der Waals surface area contributed by atoms with Crippen LogP contribution >= 0.6 is 11.6 Å². The maximum Gasteiger partial charge on any atom is 0.283 e. The molecule has 3 rings (SSSR count). The second-order valence-corrected chi connectivity index (χ2v) is 8.19. The Hall–Kier alpha value is -3.19. The molecule has 2 amide bonds. The van der Waals surface area contributed by atoms with Crippen LogP contribution in [0.1, 0.15) is 36.2 Å². The first-order chi connectivity index (χ1) is 14.8. The number of nitrogens with zero attached hydrogens (tertiary/aromatic N) is 3. The Morgan fingerprint density at radius 1 is 1.19 bits per heavy atom. The van der Waals surface area contributed by atoms with E-state index < -0.39 is 11.8 Å². The van der Waals surface area contributed by atoms with Gasteiger partial charge in [-0.25, -0.2) is 0 Å². The molecule has 0 atom stereocenters. The van der Waals surface area contributed by atoms with Crippen molar-refractivity contribution in [3.8, 4) is 5.88 Å². The van der Waals surface area contributed by atoms with Crippen LogP contribution in [0.25, 0.3) is 10.9 Å². The molecular weight excluding hydrogens is 416 g/mol. The minimum absolute atomic E-state index is 0.0297. The smallest absolute Gasteiger partial charge is 0.283 e. The van der Waals surface area contributed by atoms with Crippen LogP contribution in [-0.4, -0.2) is 28.0 Å². The highest BCUT2D eigenvalue weighted by Crippen LogP contribution is 2.39. The van der Waals surface area contributed by atoms with E-state index in [0.717, 1.165) is 22.9 Å². The van der Waals surface area contributed by atoms with E-state index in [2.05, 4.69) is 29.4 Å². The SMILES string of the molecule is Cc1ccc2c(c1)c(N=NC(=O)CNC(=O)c1ccccc1Cl)c(O)n2CCC(C)C. The largest absolute Gasteiger partial charge is 0.493 e. The van der Waals surface area contributed by atoms with Crippen LogP contribution < -0.4 is 5.32 Å². The second kappa shape index (κ2) is 9.75. The van der Waals surface area contributed by atoms with E-state index in [1.165, 1.54) is 0 Å². The van der Waals surface area contributed by atoms with Crippen molar-refractivity contribution in [2.24, 2.45) is 16.1 Å². The lowest BCUT2D eigenvalue weighted by molar-refractivity contribution is -0.117. The summed E-state index contributed by atoms with van der Waals surface area (Å²) in [6.07, 6.45) is 0.884. The molecule has 0 aliphatic carbocycles. The summed E-state index contributed by atoms with van der Waals surface area (Å²) in [5, 5.41) is 22.0. The first kappa shape index (κ1) is 22.5. The van der Waals surface area contributed by atoms with Gasteiger partial charge in [0.05, 0.1) is 16.1 Å². The Labute approximate surface area is 185 Å². The molecule has 1 aromatic heterocycles. The molecule has 3 aromatic rings. The third-order valence-electron chi connectivity index (χ3n) is 4.88. The average Bonchev–Trinajstić information content (AvgIpc) is 2.99.